The molecule has 4 rings (SSSR count). The van der Waals surface area contributed by atoms with Gasteiger partial charge >= 0.3 is 5.97 Å². The van der Waals surface area contributed by atoms with Gasteiger partial charge in [0.25, 0.3) is 0 Å². The van der Waals surface area contributed by atoms with E-state index in [-0.39, 0.29) is 53.3 Å². The molecule has 8 nitrogen and oxygen atoms in total. The SMILES string of the molecule is C[C@H](NC(=O)CC[C@@H](C)[C@H]1CC[C@H]2[C@@H]3[C@H](O)C[C@@H]4C[C@H](O)C[C@@H](O)[C@]4(C)[C@H]3C[C@H](O)[C@]12C)C(=O)O. The maximum atomic E-state index is 12.3. The number of carboxylic acids is 1. The van der Waals surface area contributed by atoms with E-state index in [4.69, 9.17) is 5.11 Å². The maximum Gasteiger partial charge on any atom is 0.325 e. The largest absolute Gasteiger partial charge is 0.480 e. The molecular formula is C27H45NO7. The van der Waals surface area contributed by atoms with Crippen molar-refractivity contribution in [3.8, 4) is 0 Å². The van der Waals surface area contributed by atoms with Gasteiger partial charge < -0.3 is 30.8 Å². The zero-order valence-electron chi connectivity index (χ0n) is 21.6. The van der Waals surface area contributed by atoms with Crippen molar-refractivity contribution < 1.29 is 35.1 Å². The molecule has 1 amide bonds. The average molecular weight is 496 g/mol. The van der Waals surface area contributed by atoms with Gasteiger partial charge in [-0.2, -0.15) is 0 Å². The van der Waals surface area contributed by atoms with Gasteiger partial charge in [0.1, 0.15) is 6.04 Å². The Hall–Kier alpha value is -1.22. The topological polar surface area (TPSA) is 147 Å². The molecule has 6 N–H and O–H groups in total. The van der Waals surface area contributed by atoms with Crippen molar-refractivity contribution >= 4 is 11.9 Å². The molecule has 0 radical (unpaired) electrons. The Bertz CT molecular complexity index is 821. The van der Waals surface area contributed by atoms with E-state index in [0.717, 1.165) is 12.8 Å². The molecule has 0 saturated heterocycles. The van der Waals surface area contributed by atoms with Crippen molar-refractivity contribution in [2.75, 3.05) is 0 Å². The molecule has 4 aliphatic rings. The molecule has 0 heterocycles. The van der Waals surface area contributed by atoms with Gasteiger partial charge in [-0.1, -0.05) is 20.8 Å². The molecule has 0 aromatic carbocycles. The lowest BCUT2D eigenvalue weighted by Crippen LogP contribution is -2.65. The Morgan fingerprint density at radius 1 is 0.914 bits per heavy atom. The Kier molecular flexibility index (Phi) is 7.35. The molecule has 8 heteroatoms. The van der Waals surface area contributed by atoms with Crippen LogP contribution in [0.2, 0.25) is 0 Å². The third kappa shape index (κ3) is 4.32. The third-order valence-corrected chi connectivity index (χ3v) is 11.2. The fourth-order valence-electron chi connectivity index (χ4n) is 9.14. The molecule has 4 fully saturated rings. The van der Waals surface area contributed by atoms with E-state index in [1.165, 1.54) is 6.92 Å². The number of hydrogen-bond donors (Lipinski definition) is 6. The van der Waals surface area contributed by atoms with Crippen LogP contribution in [0.25, 0.3) is 0 Å². The Balaban J connectivity index is 1.50. The van der Waals surface area contributed by atoms with E-state index in [9.17, 15) is 30.0 Å². The van der Waals surface area contributed by atoms with Crippen LogP contribution in [0.15, 0.2) is 0 Å². The highest BCUT2D eigenvalue weighted by Crippen LogP contribution is 2.68. The van der Waals surface area contributed by atoms with Gasteiger partial charge in [0.2, 0.25) is 5.91 Å². The second kappa shape index (κ2) is 9.58. The quantitative estimate of drug-likeness (QED) is 0.330. The lowest BCUT2D eigenvalue weighted by molar-refractivity contribution is -0.234. The summed E-state index contributed by atoms with van der Waals surface area (Å²) in [6.45, 7) is 7.83. The van der Waals surface area contributed by atoms with Gasteiger partial charge in [-0.25, -0.2) is 0 Å². The minimum Gasteiger partial charge on any atom is -0.480 e. The first-order chi connectivity index (χ1) is 16.3. The molecule has 35 heavy (non-hydrogen) atoms. The predicted molar refractivity (Wildman–Crippen MR) is 129 cm³/mol. The van der Waals surface area contributed by atoms with Crippen LogP contribution in [-0.2, 0) is 9.59 Å². The van der Waals surface area contributed by atoms with Crippen LogP contribution >= 0.6 is 0 Å². The summed E-state index contributed by atoms with van der Waals surface area (Å²) in [5, 5.41) is 55.9. The molecule has 0 bridgehead atoms. The van der Waals surface area contributed by atoms with E-state index in [1.54, 1.807) is 0 Å². The number of hydrogen-bond acceptors (Lipinski definition) is 6. The lowest BCUT2D eigenvalue weighted by Gasteiger charge is -2.64. The van der Waals surface area contributed by atoms with Gasteiger partial charge in [0.15, 0.2) is 0 Å². The van der Waals surface area contributed by atoms with Gasteiger partial charge in [-0.3, -0.25) is 9.59 Å². The summed E-state index contributed by atoms with van der Waals surface area (Å²) < 4.78 is 0. The highest BCUT2D eigenvalue weighted by Gasteiger charge is 2.67. The van der Waals surface area contributed by atoms with Crippen LogP contribution in [0.5, 0.6) is 0 Å². The van der Waals surface area contributed by atoms with E-state index in [1.807, 2.05) is 0 Å². The summed E-state index contributed by atoms with van der Waals surface area (Å²) in [5.41, 5.74) is -0.803. The standard InChI is InChI=1S/C27H45NO7/c1-13(5-8-23(33)28-14(2)25(34)35)17-6-7-18-24-19(12-22(32)27(17,18)4)26(3)15(10-20(24)30)9-16(29)11-21(26)31/h13-22,24,29-32H,5-12H2,1-4H3,(H,28,33)(H,34,35)/t13-,14+,15+,16+,17-,18+,19+,20-,21-,22+,24+,26+,27-/m1/s1. The molecule has 0 aromatic heterocycles. The van der Waals surface area contributed by atoms with Crippen LogP contribution in [0, 0.1) is 46.3 Å². The van der Waals surface area contributed by atoms with Crippen molar-refractivity contribution in [1.82, 2.24) is 5.32 Å². The minimum atomic E-state index is -1.06. The van der Waals surface area contributed by atoms with E-state index >= 15 is 0 Å². The zero-order valence-corrected chi connectivity index (χ0v) is 21.6. The van der Waals surface area contributed by atoms with Crippen molar-refractivity contribution in [2.45, 2.75) is 110 Å². The van der Waals surface area contributed by atoms with Crippen LogP contribution in [0.3, 0.4) is 0 Å². The first-order valence-electron chi connectivity index (χ1n) is 13.6. The Morgan fingerprint density at radius 2 is 1.57 bits per heavy atom. The molecule has 13 atom stereocenters. The number of carbonyl (C=O) groups is 2. The van der Waals surface area contributed by atoms with E-state index in [2.05, 4.69) is 26.1 Å². The normalized spacial score (nSPS) is 48.7. The molecule has 4 aliphatic carbocycles. The number of amides is 1. The Labute approximate surface area is 208 Å². The van der Waals surface area contributed by atoms with Crippen molar-refractivity contribution in [3.63, 3.8) is 0 Å². The number of rotatable bonds is 6. The van der Waals surface area contributed by atoms with Crippen molar-refractivity contribution in [2.24, 2.45) is 46.3 Å². The van der Waals surface area contributed by atoms with Crippen molar-refractivity contribution in [3.05, 3.63) is 0 Å². The Morgan fingerprint density at radius 3 is 2.23 bits per heavy atom. The highest BCUT2D eigenvalue weighted by atomic mass is 16.4. The first-order valence-corrected chi connectivity index (χ1v) is 13.6. The summed E-state index contributed by atoms with van der Waals surface area (Å²) in [6, 6.07) is -0.919. The maximum absolute atomic E-state index is 12.3. The van der Waals surface area contributed by atoms with E-state index in [0.29, 0.717) is 32.1 Å². The summed E-state index contributed by atoms with van der Waals surface area (Å²) in [7, 11) is 0. The lowest BCUT2D eigenvalue weighted by atomic mass is 9.42. The summed E-state index contributed by atoms with van der Waals surface area (Å²) in [4.78, 5) is 23.3. The average Bonchev–Trinajstić information content (AvgIpc) is 3.13. The number of aliphatic hydroxyl groups excluding tert-OH is 4. The van der Waals surface area contributed by atoms with Gasteiger partial charge in [-0.05, 0) is 98.2 Å². The first kappa shape index (κ1) is 26.8. The van der Waals surface area contributed by atoms with Crippen molar-refractivity contribution in [1.29, 1.82) is 0 Å². The summed E-state index contributed by atoms with van der Waals surface area (Å²) in [6.07, 6.45) is 2.49. The van der Waals surface area contributed by atoms with Crippen LogP contribution in [0.1, 0.15) is 79.1 Å². The summed E-state index contributed by atoms with van der Waals surface area (Å²) in [5.74, 6) is -0.780. The fraction of sp³-hybridized carbons (Fsp3) is 0.926. The molecule has 200 valence electrons. The molecule has 0 aliphatic heterocycles. The van der Waals surface area contributed by atoms with Crippen LogP contribution < -0.4 is 5.32 Å². The monoisotopic (exact) mass is 495 g/mol. The highest BCUT2D eigenvalue weighted by molar-refractivity contribution is 5.83. The second-order valence-electron chi connectivity index (χ2n) is 12.7. The second-order valence-corrected chi connectivity index (χ2v) is 12.7. The van der Waals surface area contributed by atoms with Gasteiger partial charge in [0.05, 0.1) is 24.4 Å². The number of fused-ring (bicyclic) bond motifs is 5. The van der Waals surface area contributed by atoms with Gasteiger partial charge in [-0.15, -0.1) is 0 Å². The molecule has 4 saturated carbocycles. The smallest absolute Gasteiger partial charge is 0.325 e. The third-order valence-electron chi connectivity index (χ3n) is 11.2. The fourth-order valence-corrected chi connectivity index (χ4v) is 9.14. The molecule has 0 spiro atoms. The number of aliphatic carboxylic acids is 1. The molecule has 0 unspecified atom stereocenters. The number of carboxylic acid groups (broad SMARTS) is 1. The van der Waals surface area contributed by atoms with E-state index < -0.39 is 41.8 Å². The zero-order chi connectivity index (χ0) is 25.9. The molecule has 0 aromatic rings. The summed E-state index contributed by atoms with van der Waals surface area (Å²) >= 11 is 0. The number of nitrogens with one attached hydrogen (secondary N) is 1. The number of carbonyl (C=O) groups excluding carboxylic acids is 1. The van der Waals surface area contributed by atoms with Gasteiger partial charge in [0, 0.05) is 6.42 Å². The number of aliphatic hydroxyl groups is 4. The van der Waals surface area contributed by atoms with Crippen LogP contribution in [-0.4, -0.2) is 67.9 Å². The molecular weight excluding hydrogens is 450 g/mol. The minimum absolute atomic E-state index is 0.00386. The predicted octanol–water partition coefficient (Wildman–Crippen LogP) is 1.92. The van der Waals surface area contributed by atoms with Crippen LogP contribution in [0.4, 0.5) is 0 Å².